The number of anilines is 1. The molecule has 19 heavy (non-hydrogen) atoms. The van der Waals surface area contributed by atoms with E-state index in [-0.39, 0.29) is 0 Å². The van der Waals surface area contributed by atoms with E-state index in [4.69, 9.17) is 0 Å². The molecule has 1 N–H and O–H groups in total. The van der Waals surface area contributed by atoms with Gasteiger partial charge in [0.25, 0.3) is 0 Å². The number of rotatable bonds is 4. The van der Waals surface area contributed by atoms with Crippen molar-refractivity contribution in [2.45, 2.75) is 44.2 Å². The van der Waals surface area contributed by atoms with E-state index < -0.39 is 0 Å². The predicted octanol–water partition coefficient (Wildman–Crippen LogP) is 3.08. The van der Waals surface area contributed by atoms with Crippen molar-refractivity contribution in [3.63, 3.8) is 0 Å². The fraction of sp³-hybridized carbons (Fsp3) is 0.667. The third kappa shape index (κ3) is 3.63. The molecule has 0 saturated carbocycles. The van der Waals surface area contributed by atoms with Gasteiger partial charge in [-0.2, -0.15) is 11.8 Å². The van der Waals surface area contributed by atoms with E-state index in [1.54, 1.807) is 0 Å². The van der Waals surface area contributed by atoms with Gasteiger partial charge in [0.15, 0.2) is 0 Å². The van der Waals surface area contributed by atoms with Crippen molar-refractivity contribution in [3.05, 3.63) is 23.9 Å². The van der Waals surface area contributed by atoms with Crippen LogP contribution in [0.2, 0.25) is 0 Å². The molecule has 0 spiro atoms. The van der Waals surface area contributed by atoms with Gasteiger partial charge in [0.05, 0.1) is 0 Å². The average molecular weight is 279 g/mol. The highest BCUT2D eigenvalue weighted by atomic mass is 32.2. The Hall–Kier alpha value is -0.740. The van der Waals surface area contributed by atoms with Gasteiger partial charge in [0.1, 0.15) is 5.82 Å². The Balaban J connectivity index is 2.23. The molecule has 2 heterocycles. The smallest absolute Gasteiger partial charge is 0.133 e. The van der Waals surface area contributed by atoms with Crippen LogP contribution in [0.4, 0.5) is 5.82 Å². The molecule has 0 aromatic carbocycles. The zero-order chi connectivity index (χ0) is 13.8. The van der Waals surface area contributed by atoms with Crippen LogP contribution in [-0.2, 0) is 0 Å². The molecule has 0 bridgehead atoms. The first kappa shape index (κ1) is 14.7. The van der Waals surface area contributed by atoms with Gasteiger partial charge >= 0.3 is 0 Å². The Labute approximate surface area is 121 Å². The van der Waals surface area contributed by atoms with E-state index in [0.29, 0.717) is 16.5 Å². The molecule has 1 saturated heterocycles. The van der Waals surface area contributed by atoms with Gasteiger partial charge in [-0.1, -0.05) is 26.8 Å². The maximum absolute atomic E-state index is 4.65. The summed E-state index contributed by atoms with van der Waals surface area (Å²) in [5.74, 6) is 1.16. The summed E-state index contributed by atoms with van der Waals surface area (Å²) >= 11 is 2.08. The molecular weight excluding hydrogens is 254 g/mol. The van der Waals surface area contributed by atoms with E-state index in [9.17, 15) is 0 Å². The van der Waals surface area contributed by atoms with Crippen molar-refractivity contribution in [3.8, 4) is 0 Å². The fourth-order valence-corrected chi connectivity index (χ4v) is 4.10. The summed E-state index contributed by atoms with van der Waals surface area (Å²) < 4.78 is 0. The molecule has 3 nitrogen and oxygen atoms in total. The molecule has 1 aliphatic rings. The molecule has 3 unspecified atom stereocenters. The highest BCUT2D eigenvalue weighted by Gasteiger charge is 2.25. The van der Waals surface area contributed by atoms with E-state index in [1.807, 2.05) is 12.3 Å². The molecule has 4 heteroatoms. The van der Waals surface area contributed by atoms with Gasteiger partial charge in [-0.25, -0.2) is 4.98 Å². The van der Waals surface area contributed by atoms with E-state index in [0.717, 1.165) is 25.5 Å². The lowest BCUT2D eigenvalue weighted by Gasteiger charge is -2.37. The zero-order valence-corrected chi connectivity index (χ0v) is 13.2. The third-order valence-corrected chi connectivity index (χ3v) is 4.74. The molecule has 2 rings (SSSR count). The second-order valence-electron chi connectivity index (χ2n) is 5.36. The van der Waals surface area contributed by atoms with E-state index in [1.165, 1.54) is 5.56 Å². The Morgan fingerprint density at radius 2 is 2.11 bits per heavy atom. The number of nitrogens with zero attached hydrogens (tertiary/aromatic N) is 2. The minimum Gasteiger partial charge on any atom is -0.354 e. The van der Waals surface area contributed by atoms with Crippen molar-refractivity contribution in [2.75, 3.05) is 24.5 Å². The van der Waals surface area contributed by atoms with Crippen molar-refractivity contribution < 1.29 is 0 Å². The highest BCUT2D eigenvalue weighted by Crippen LogP contribution is 2.31. The minimum absolute atomic E-state index is 0.355. The number of nitrogens with one attached hydrogen (secondary N) is 1. The molecule has 3 atom stereocenters. The predicted molar refractivity (Wildman–Crippen MR) is 85.1 cm³/mol. The number of hydrogen-bond acceptors (Lipinski definition) is 4. The summed E-state index contributed by atoms with van der Waals surface area (Å²) in [6, 6.07) is 4.60. The Kier molecular flexibility index (Phi) is 5.11. The van der Waals surface area contributed by atoms with Crippen LogP contribution in [0.15, 0.2) is 18.3 Å². The molecule has 0 radical (unpaired) electrons. The summed E-state index contributed by atoms with van der Waals surface area (Å²) in [5.41, 5.74) is 1.32. The van der Waals surface area contributed by atoms with Crippen molar-refractivity contribution in [2.24, 2.45) is 0 Å². The summed E-state index contributed by atoms with van der Waals surface area (Å²) in [5, 5.41) is 4.84. The first-order chi connectivity index (χ1) is 9.11. The summed E-state index contributed by atoms with van der Waals surface area (Å²) in [4.78, 5) is 7.10. The molecule has 0 amide bonds. The van der Waals surface area contributed by atoms with Gasteiger partial charge in [0, 0.05) is 41.4 Å². The molecule has 1 fully saturated rings. The topological polar surface area (TPSA) is 28.2 Å². The molecule has 1 aliphatic heterocycles. The molecule has 106 valence electrons. The Bertz CT molecular complexity index is 400. The maximum Gasteiger partial charge on any atom is 0.133 e. The van der Waals surface area contributed by atoms with Crippen LogP contribution in [-0.4, -0.2) is 35.1 Å². The minimum atomic E-state index is 0.355. The van der Waals surface area contributed by atoms with Crippen LogP contribution in [0.25, 0.3) is 0 Å². The van der Waals surface area contributed by atoms with Gasteiger partial charge in [0.2, 0.25) is 0 Å². The summed E-state index contributed by atoms with van der Waals surface area (Å²) in [6.45, 7) is 12.2. The fourth-order valence-electron chi connectivity index (χ4n) is 2.78. The van der Waals surface area contributed by atoms with E-state index >= 15 is 0 Å². The lowest BCUT2D eigenvalue weighted by atomic mass is 10.1. The number of thioether (sulfide) groups is 1. The number of hydrogen-bond donors (Lipinski definition) is 1. The number of pyridine rings is 1. The number of aromatic nitrogens is 1. The Morgan fingerprint density at radius 1 is 1.42 bits per heavy atom. The van der Waals surface area contributed by atoms with Crippen molar-refractivity contribution in [1.29, 1.82) is 0 Å². The monoisotopic (exact) mass is 279 g/mol. The lowest BCUT2D eigenvalue weighted by molar-refractivity contribution is 0.591. The van der Waals surface area contributed by atoms with Crippen LogP contribution in [0.3, 0.4) is 0 Å². The van der Waals surface area contributed by atoms with Gasteiger partial charge in [-0.05, 0) is 19.5 Å². The van der Waals surface area contributed by atoms with Crippen LogP contribution in [0, 0.1) is 0 Å². The second-order valence-corrected chi connectivity index (χ2v) is 7.24. The van der Waals surface area contributed by atoms with E-state index in [2.05, 4.69) is 60.7 Å². The largest absolute Gasteiger partial charge is 0.354 e. The second kappa shape index (κ2) is 6.62. The zero-order valence-electron chi connectivity index (χ0n) is 12.4. The normalized spacial score (nSPS) is 25.4. The summed E-state index contributed by atoms with van der Waals surface area (Å²) in [6.07, 6.45) is 1.91. The lowest BCUT2D eigenvalue weighted by Crippen LogP contribution is -2.41. The standard InChI is InChI=1S/C15H25N3S/c1-5-16-13(4)14-7-6-8-17-15(14)18-9-11(2)19-12(3)10-18/h6-8,11-13,16H,5,9-10H2,1-4H3. The quantitative estimate of drug-likeness (QED) is 0.917. The van der Waals surface area contributed by atoms with Crippen molar-refractivity contribution >= 4 is 17.6 Å². The van der Waals surface area contributed by atoms with Gasteiger partial charge in [-0.3, -0.25) is 0 Å². The molecule has 1 aromatic heterocycles. The van der Waals surface area contributed by atoms with Crippen molar-refractivity contribution in [1.82, 2.24) is 10.3 Å². The molecular formula is C15H25N3S. The Morgan fingerprint density at radius 3 is 2.74 bits per heavy atom. The maximum atomic E-state index is 4.65. The summed E-state index contributed by atoms with van der Waals surface area (Å²) in [7, 11) is 0. The van der Waals surface area contributed by atoms with Gasteiger partial charge < -0.3 is 10.2 Å². The molecule has 0 aliphatic carbocycles. The van der Waals surface area contributed by atoms with Crippen LogP contribution in [0.5, 0.6) is 0 Å². The third-order valence-electron chi connectivity index (χ3n) is 3.51. The first-order valence-corrected chi connectivity index (χ1v) is 8.14. The van der Waals surface area contributed by atoms with Crippen LogP contribution >= 0.6 is 11.8 Å². The van der Waals surface area contributed by atoms with Crippen LogP contribution < -0.4 is 10.2 Å². The van der Waals surface area contributed by atoms with Crippen LogP contribution in [0.1, 0.15) is 39.3 Å². The average Bonchev–Trinajstić information content (AvgIpc) is 2.38. The van der Waals surface area contributed by atoms with Gasteiger partial charge in [-0.15, -0.1) is 0 Å². The highest BCUT2D eigenvalue weighted by molar-refractivity contribution is 8.00. The molecule has 1 aromatic rings. The first-order valence-electron chi connectivity index (χ1n) is 7.20. The SMILES string of the molecule is CCNC(C)c1cccnc1N1CC(C)SC(C)C1.